The zero-order valence-electron chi connectivity index (χ0n) is 10.9. The molecule has 3 nitrogen and oxygen atoms in total. The fraction of sp³-hybridized carbons (Fsp3) is 0.643. The van der Waals surface area contributed by atoms with E-state index in [2.05, 4.69) is 41.2 Å². The second-order valence-corrected chi connectivity index (χ2v) is 4.92. The van der Waals surface area contributed by atoms with E-state index in [-0.39, 0.29) is 0 Å². The first kappa shape index (κ1) is 12.5. The molecule has 1 aromatic heterocycles. The SMILES string of the molecule is CCNC1CCN(Cc2ccccn2)C(C)C1. The molecule has 1 fully saturated rings. The minimum atomic E-state index is 0.648. The minimum absolute atomic E-state index is 0.648. The summed E-state index contributed by atoms with van der Waals surface area (Å²) in [5.41, 5.74) is 1.18. The zero-order valence-corrected chi connectivity index (χ0v) is 10.9. The standard InChI is InChI=1S/C14H23N3/c1-3-15-13-7-9-17(12(2)10-13)11-14-6-4-5-8-16-14/h4-6,8,12-13,15H,3,7,9-11H2,1-2H3. The van der Waals surface area contributed by atoms with Gasteiger partial charge < -0.3 is 5.32 Å². The van der Waals surface area contributed by atoms with Gasteiger partial charge in [0, 0.05) is 31.4 Å². The van der Waals surface area contributed by atoms with Crippen molar-refractivity contribution in [2.24, 2.45) is 0 Å². The second kappa shape index (κ2) is 6.12. The van der Waals surface area contributed by atoms with Crippen LogP contribution in [-0.2, 0) is 6.54 Å². The Morgan fingerprint density at radius 3 is 3.00 bits per heavy atom. The van der Waals surface area contributed by atoms with Crippen molar-refractivity contribution in [3.63, 3.8) is 0 Å². The van der Waals surface area contributed by atoms with Gasteiger partial charge in [-0.1, -0.05) is 13.0 Å². The van der Waals surface area contributed by atoms with Crippen LogP contribution >= 0.6 is 0 Å². The molecule has 0 bridgehead atoms. The van der Waals surface area contributed by atoms with E-state index in [0.717, 1.165) is 13.1 Å². The number of rotatable bonds is 4. The third kappa shape index (κ3) is 3.51. The van der Waals surface area contributed by atoms with Crippen LogP contribution in [0.2, 0.25) is 0 Å². The first-order valence-electron chi connectivity index (χ1n) is 6.67. The molecule has 1 aliphatic rings. The molecule has 94 valence electrons. The van der Waals surface area contributed by atoms with Crippen LogP contribution < -0.4 is 5.32 Å². The Hall–Kier alpha value is -0.930. The van der Waals surface area contributed by atoms with Gasteiger partial charge in [-0.25, -0.2) is 0 Å². The van der Waals surface area contributed by atoms with E-state index in [0.29, 0.717) is 12.1 Å². The lowest BCUT2D eigenvalue weighted by Crippen LogP contribution is -2.47. The van der Waals surface area contributed by atoms with Crippen LogP contribution in [0.5, 0.6) is 0 Å². The third-order valence-corrected chi connectivity index (χ3v) is 3.60. The summed E-state index contributed by atoms with van der Waals surface area (Å²) < 4.78 is 0. The largest absolute Gasteiger partial charge is 0.314 e. The van der Waals surface area contributed by atoms with E-state index in [1.165, 1.54) is 25.1 Å². The molecule has 0 saturated carbocycles. The summed E-state index contributed by atoms with van der Waals surface area (Å²) in [5, 5.41) is 3.56. The lowest BCUT2D eigenvalue weighted by molar-refractivity contribution is 0.128. The van der Waals surface area contributed by atoms with Gasteiger partial charge in [0.1, 0.15) is 0 Å². The first-order valence-corrected chi connectivity index (χ1v) is 6.67. The summed E-state index contributed by atoms with van der Waals surface area (Å²) in [5.74, 6) is 0. The maximum Gasteiger partial charge on any atom is 0.0544 e. The normalized spacial score (nSPS) is 26.0. The monoisotopic (exact) mass is 233 g/mol. The molecule has 1 saturated heterocycles. The van der Waals surface area contributed by atoms with Gasteiger partial charge in [-0.2, -0.15) is 0 Å². The van der Waals surface area contributed by atoms with Gasteiger partial charge in [-0.05, 0) is 38.4 Å². The zero-order chi connectivity index (χ0) is 12.1. The van der Waals surface area contributed by atoms with Crippen LogP contribution in [0, 0.1) is 0 Å². The molecule has 0 aliphatic carbocycles. The van der Waals surface area contributed by atoms with E-state index in [4.69, 9.17) is 0 Å². The summed E-state index contributed by atoms with van der Waals surface area (Å²) in [6, 6.07) is 7.51. The minimum Gasteiger partial charge on any atom is -0.314 e. The number of hydrogen-bond donors (Lipinski definition) is 1. The van der Waals surface area contributed by atoms with Gasteiger partial charge in [-0.15, -0.1) is 0 Å². The number of likely N-dealkylation sites (tertiary alicyclic amines) is 1. The van der Waals surface area contributed by atoms with Gasteiger partial charge in [0.15, 0.2) is 0 Å². The van der Waals surface area contributed by atoms with Crippen molar-refractivity contribution in [1.82, 2.24) is 15.2 Å². The summed E-state index contributed by atoms with van der Waals surface area (Å²) in [7, 11) is 0. The number of piperidine rings is 1. The van der Waals surface area contributed by atoms with Crippen molar-refractivity contribution >= 4 is 0 Å². The Morgan fingerprint density at radius 2 is 2.35 bits per heavy atom. The number of nitrogens with one attached hydrogen (secondary N) is 1. The van der Waals surface area contributed by atoms with E-state index in [1.54, 1.807) is 0 Å². The lowest BCUT2D eigenvalue weighted by Gasteiger charge is -2.37. The molecular formula is C14H23N3. The summed E-state index contributed by atoms with van der Waals surface area (Å²) in [6.45, 7) is 7.76. The van der Waals surface area contributed by atoms with Crippen molar-refractivity contribution in [2.75, 3.05) is 13.1 Å². The van der Waals surface area contributed by atoms with Crippen LogP contribution in [0.25, 0.3) is 0 Å². The van der Waals surface area contributed by atoms with Crippen LogP contribution in [0.4, 0.5) is 0 Å². The Balaban J connectivity index is 1.87. The first-order chi connectivity index (χ1) is 8.29. The molecule has 3 heteroatoms. The molecule has 2 unspecified atom stereocenters. The van der Waals surface area contributed by atoms with Gasteiger partial charge in [0.2, 0.25) is 0 Å². The molecule has 0 aromatic carbocycles. The molecule has 0 amide bonds. The Labute approximate surface area is 104 Å². The maximum absolute atomic E-state index is 4.41. The molecule has 0 spiro atoms. The fourth-order valence-electron chi connectivity index (χ4n) is 2.63. The predicted molar refractivity (Wildman–Crippen MR) is 70.8 cm³/mol. The lowest BCUT2D eigenvalue weighted by atomic mass is 9.98. The maximum atomic E-state index is 4.41. The average molecular weight is 233 g/mol. The van der Waals surface area contributed by atoms with Gasteiger partial charge in [0.25, 0.3) is 0 Å². The Morgan fingerprint density at radius 1 is 1.47 bits per heavy atom. The van der Waals surface area contributed by atoms with Crippen molar-refractivity contribution in [3.05, 3.63) is 30.1 Å². The molecule has 1 N–H and O–H groups in total. The highest BCUT2D eigenvalue weighted by molar-refractivity contribution is 5.04. The van der Waals surface area contributed by atoms with Gasteiger partial charge in [0.05, 0.1) is 5.69 Å². The summed E-state index contributed by atoms with van der Waals surface area (Å²) >= 11 is 0. The van der Waals surface area contributed by atoms with Crippen LogP contribution in [0.15, 0.2) is 24.4 Å². The molecule has 1 aromatic rings. The number of pyridine rings is 1. The fourth-order valence-corrected chi connectivity index (χ4v) is 2.63. The quantitative estimate of drug-likeness (QED) is 0.862. The Bertz CT molecular complexity index is 325. The van der Waals surface area contributed by atoms with Gasteiger partial charge in [-0.3, -0.25) is 9.88 Å². The molecule has 2 rings (SSSR count). The predicted octanol–water partition coefficient (Wildman–Crippen LogP) is 2.04. The highest BCUT2D eigenvalue weighted by Gasteiger charge is 2.24. The molecule has 0 radical (unpaired) electrons. The smallest absolute Gasteiger partial charge is 0.0544 e. The van der Waals surface area contributed by atoms with Crippen LogP contribution in [0.3, 0.4) is 0 Å². The average Bonchev–Trinajstić information content (AvgIpc) is 2.34. The number of hydrogen-bond acceptors (Lipinski definition) is 3. The van der Waals surface area contributed by atoms with E-state index < -0.39 is 0 Å². The molecule has 1 aliphatic heterocycles. The number of aromatic nitrogens is 1. The van der Waals surface area contributed by atoms with Crippen molar-refractivity contribution in [1.29, 1.82) is 0 Å². The molecule has 17 heavy (non-hydrogen) atoms. The molecule has 2 atom stereocenters. The molecule has 2 heterocycles. The van der Waals surface area contributed by atoms with Crippen LogP contribution in [0.1, 0.15) is 32.4 Å². The van der Waals surface area contributed by atoms with Crippen molar-refractivity contribution in [3.8, 4) is 0 Å². The van der Waals surface area contributed by atoms with Crippen molar-refractivity contribution < 1.29 is 0 Å². The highest BCUT2D eigenvalue weighted by atomic mass is 15.2. The summed E-state index contributed by atoms with van der Waals surface area (Å²) in [6.07, 6.45) is 4.39. The second-order valence-electron chi connectivity index (χ2n) is 4.92. The van der Waals surface area contributed by atoms with E-state index in [1.807, 2.05) is 12.3 Å². The number of nitrogens with zero attached hydrogens (tertiary/aromatic N) is 2. The third-order valence-electron chi connectivity index (χ3n) is 3.60. The van der Waals surface area contributed by atoms with E-state index >= 15 is 0 Å². The van der Waals surface area contributed by atoms with Crippen molar-refractivity contribution in [2.45, 2.75) is 45.3 Å². The summed E-state index contributed by atoms with van der Waals surface area (Å²) in [4.78, 5) is 6.94. The Kier molecular flexibility index (Phi) is 4.51. The molecular weight excluding hydrogens is 210 g/mol. The highest BCUT2D eigenvalue weighted by Crippen LogP contribution is 2.19. The van der Waals surface area contributed by atoms with Crippen LogP contribution in [-0.4, -0.2) is 35.1 Å². The topological polar surface area (TPSA) is 28.2 Å². The van der Waals surface area contributed by atoms with E-state index in [9.17, 15) is 0 Å². The van der Waals surface area contributed by atoms with Gasteiger partial charge >= 0.3 is 0 Å².